The fourth-order valence-corrected chi connectivity index (χ4v) is 5.49. The van der Waals surface area contributed by atoms with Gasteiger partial charge in [0.05, 0.1) is 24.5 Å². The highest BCUT2D eigenvalue weighted by Crippen LogP contribution is 2.47. The number of phenols is 1. The van der Waals surface area contributed by atoms with Gasteiger partial charge in [0.1, 0.15) is 5.75 Å². The van der Waals surface area contributed by atoms with Crippen LogP contribution in [0.15, 0.2) is 41.0 Å². The van der Waals surface area contributed by atoms with Crippen LogP contribution < -0.4 is 0 Å². The maximum atomic E-state index is 13.1. The van der Waals surface area contributed by atoms with Crippen molar-refractivity contribution in [1.82, 2.24) is 4.90 Å². The van der Waals surface area contributed by atoms with Gasteiger partial charge in [-0.25, -0.2) is 0 Å². The summed E-state index contributed by atoms with van der Waals surface area (Å²) in [6.07, 6.45) is 5.07. The molecule has 4 atom stereocenters. The Hall–Kier alpha value is -2.44. The smallest absolute Gasteiger partial charge is 0.233 e. The first-order chi connectivity index (χ1) is 15.9. The predicted octanol–water partition coefficient (Wildman–Crippen LogP) is 4.06. The Bertz CT molecular complexity index is 934. The first kappa shape index (κ1) is 25.2. The van der Waals surface area contributed by atoms with Crippen LogP contribution in [0.1, 0.15) is 64.9 Å². The van der Waals surface area contributed by atoms with E-state index in [0.29, 0.717) is 38.6 Å². The highest BCUT2D eigenvalue weighted by molar-refractivity contribution is 6.05. The van der Waals surface area contributed by atoms with Crippen molar-refractivity contribution < 1.29 is 24.9 Å². The highest BCUT2D eigenvalue weighted by atomic mass is 16.3. The van der Waals surface area contributed by atoms with Gasteiger partial charge in [-0.2, -0.15) is 0 Å². The number of nitrogens with zero attached hydrogens (tertiary/aromatic N) is 1. The number of carbonyl (C=O) groups is 2. The van der Waals surface area contributed by atoms with Gasteiger partial charge in [-0.15, -0.1) is 0 Å². The van der Waals surface area contributed by atoms with Crippen LogP contribution in [0.3, 0.4) is 0 Å². The summed E-state index contributed by atoms with van der Waals surface area (Å²) in [6, 6.07) is 7.07. The van der Waals surface area contributed by atoms with Crippen LogP contribution in [-0.2, 0) is 9.59 Å². The molecule has 0 unspecified atom stereocenters. The van der Waals surface area contributed by atoms with Crippen molar-refractivity contribution in [1.29, 1.82) is 0 Å². The molecule has 0 spiro atoms. The molecule has 0 radical (unpaired) electrons. The lowest BCUT2D eigenvalue weighted by molar-refractivity contribution is -0.140. The second-order valence-corrected chi connectivity index (χ2v) is 9.17. The average Bonchev–Trinajstić information content (AvgIpc) is 3.05. The molecule has 1 heterocycles. The predicted molar refractivity (Wildman–Crippen MR) is 128 cm³/mol. The zero-order chi connectivity index (χ0) is 24.1. The van der Waals surface area contributed by atoms with Crippen LogP contribution >= 0.6 is 0 Å². The van der Waals surface area contributed by atoms with Gasteiger partial charge in [-0.05, 0) is 61.8 Å². The van der Waals surface area contributed by atoms with Crippen LogP contribution in [-0.4, -0.2) is 51.3 Å². The molecule has 1 fully saturated rings. The molecule has 1 aromatic rings. The molecule has 6 heteroatoms. The topological polar surface area (TPSA) is 98.1 Å². The van der Waals surface area contributed by atoms with E-state index in [4.69, 9.17) is 0 Å². The number of hydrogen-bond acceptors (Lipinski definition) is 5. The minimum absolute atomic E-state index is 0.132. The molecular formula is C27H37NO5. The Morgan fingerprint density at radius 1 is 1.21 bits per heavy atom. The van der Waals surface area contributed by atoms with E-state index in [1.807, 2.05) is 26.0 Å². The number of aromatic hydroxyl groups is 1. The minimum atomic E-state index is -0.777. The summed E-state index contributed by atoms with van der Waals surface area (Å²) in [5.74, 6) is -1.65. The zero-order valence-electron chi connectivity index (χ0n) is 20.0. The number of amides is 2. The number of aliphatic hydroxyl groups excluding tert-OH is 2. The van der Waals surface area contributed by atoms with Crippen molar-refractivity contribution in [3.63, 3.8) is 0 Å². The lowest BCUT2D eigenvalue weighted by Gasteiger charge is -2.36. The standard InChI is InChI=1S/C27H37NO5/c1-4-12-28-26(32)21-15-19(6-3)24(22(16-29)25(21)27(28)33)23(31)11-10-17(5-2)13-18-8-7-9-20(30)14-18/h7-9,13-14,21-23,25,29-31H,4-6,10-12,15-16H2,1-3H3/b17-13+/t21-,22+,23-,25-/m1/s1. The number of aliphatic hydroxyl groups is 2. The van der Waals surface area contributed by atoms with E-state index in [0.717, 1.165) is 28.7 Å². The van der Waals surface area contributed by atoms with Crippen molar-refractivity contribution in [2.45, 2.75) is 65.4 Å². The summed E-state index contributed by atoms with van der Waals surface area (Å²) in [5, 5.41) is 31.2. The Labute approximate surface area is 196 Å². The van der Waals surface area contributed by atoms with Crippen molar-refractivity contribution in [2.75, 3.05) is 13.2 Å². The summed E-state index contributed by atoms with van der Waals surface area (Å²) in [5.41, 5.74) is 3.81. The summed E-state index contributed by atoms with van der Waals surface area (Å²) in [7, 11) is 0. The van der Waals surface area contributed by atoms with E-state index in [1.165, 1.54) is 4.90 Å². The molecule has 6 nitrogen and oxygen atoms in total. The average molecular weight is 456 g/mol. The summed E-state index contributed by atoms with van der Waals surface area (Å²) in [4.78, 5) is 27.3. The second kappa shape index (κ2) is 11.1. The number of phenolic OH excluding ortho intramolecular Hbond substituents is 1. The van der Waals surface area contributed by atoms with E-state index in [-0.39, 0.29) is 24.2 Å². The number of hydrogen-bond donors (Lipinski definition) is 3. The fourth-order valence-electron chi connectivity index (χ4n) is 5.49. The van der Waals surface area contributed by atoms with E-state index < -0.39 is 23.9 Å². The highest BCUT2D eigenvalue weighted by Gasteiger charge is 2.54. The first-order valence-electron chi connectivity index (χ1n) is 12.2. The van der Waals surface area contributed by atoms with Gasteiger partial charge in [0.25, 0.3) is 0 Å². The lowest BCUT2D eigenvalue weighted by Crippen LogP contribution is -2.39. The molecule has 3 rings (SSSR count). The molecule has 1 saturated heterocycles. The molecular weight excluding hydrogens is 418 g/mol. The minimum Gasteiger partial charge on any atom is -0.508 e. The van der Waals surface area contributed by atoms with Crippen LogP contribution in [0.25, 0.3) is 6.08 Å². The van der Waals surface area contributed by atoms with Crippen LogP contribution in [0, 0.1) is 17.8 Å². The number of benzene rings is 1. The first-order valence-corrected chi connectivity index (χ1v) is 12.2. The molecule has 1 aromatic carbocycles. The molecule has 2 aliphatic rings. The Morgan fingerprint density at radius 3 is 2.58 bits per heavy atom. The number of likely N-dealkylation sites (tertiary alicyclic amines) is 1. The Balaban J connectivity index is 1.82. The largest absolute Gasteiger partial charge is 0.508 e. The quantitative estimate of drug-likeness (QED) is 0.365. The molecule has 1 aliphatic heterocycles. The van der Waals surface area contributed by atoms with E-state index in [2.05, 4.69) is 6.92 Å². The van der Waals surface area contributed by atoms with Gasteiger partial charge in [-0.3, -0.25) is 14.5 Å². The third kappa shape index (κ3) is 5.22. The van der Waals surface area contributed by atoms with Gasteiger partial charge < -0.3 is 15.3 Å². The van der Waals surface area contributed by atoms with Crippen molar-refractivity contribution >= 4 is 17.9 Å². The van der Waals surface area contributed by atoms with Gasteiger partial charge in [0.15, 0.2) is 0 Å². The zero-order valence-corrected chi connectivity index (χ0v) is 20.0. The van der Waals surface area contributed by atoms with Crippen LogP contribution in [0.2, 0.25) is 0 Å². The van der Waals surface area contributed by atoms with Gasteiger partial charge in [-0.1, -0.05) is 50.1 Å². The molecule has 33 heavy (non-hydrogen) atoms. The molecule has 1 aliphatic carbocycles. The molecule has 3 N–H and O–H groups in total. The summed E-state index contributed by atoms with van der Waals surface area (Å²) in [6.45, 7) is 6.15. The Morgan fingerprint density at radius 2 is 1.97 bits per heavy atom. The third-order valence-corrected chi connectivity index (χ3v) is 7.14. The molecule has 0 aromatic heterocycles. The van der Waals surface area contributed by atoms with Crippen LogP contribution in [0.5, 0.6) is 5.75 Å². The van der Waals surface area contributed by atoms with Gasteiger partial charge >= 0.3 is 0 Å². The number of fused-ring (bicyclic) bond motifs is 1. The lowest BCUT2D eigenvalue weighted by atomic mass is 9.67. The van der Waals surface area contributed by atoms with Crippen LogP contribution in [0.4, 0.5) is 0 Å². The maximum absolute atomic E-state index is 13.1. The number of allylic oxidation sites excluding steroid dienone is 2. The second-order valence-electron chi connectivity index (χ2n) is 9.17. The Kier molecular flexibility index (Phi) is 8.49. The van der Waals surface area contributed by atoms with Gasteiger partial charge in [0, 0.05) is 12.5 Å². The number of carbonyl (C=O) groups excluding carboxylic acids is 2. The van der Waals surface area contributed by atoms with E-state index in [9.17, 15) is 24.9 Å². The van der Waals surface area contributed by atoms with Gasteiger partial charge in [0.2, 0.25) is 11.8 Å². The summed E-state index contributed by atoms with van der Waals surface area (Å²) < 4.78 is 0. The monoisotopic (exact) mass is 455 g/mol. The molecule has 0 saturated carbocycles. The van der Waals surface area contributed by atoms with Crippen molar-refractivity contribution in [2.24, 2.45) is 17.8 Å². The molecule has 2 amide bonds. The van der Waals surface area contributed by atoms with E-state index >= 15 is 0 Å². The maximum Gasteiger partial charge on any atom is 0.233 e. The molecule has 0 bridgehead atoms. The number of rotatable bonds is 10. The third-order valence-electron chi connectivity index (χ3n) is 7.14. The SMILES string of the molecule is CCCN1C(=O)[C@@H]2[C@@H](CC(CC)=C([C@H](O)CC/C(=C/c3cccc(O)c3)CC)[C@@H]2CO)C1=O. The normalized spacial score (nSPS) is 24.5. The van der Waals surface area contributed by atoms with Crippen molar-refractivity contribution in [3.05, 3.63) is 46.5 Å². The number of imide groups is 1. The fraction of sp³-hybridized carbons (Fsp3) is 0.556. The van der Waals surface area contributed by atoms with Crippen molar-refractivity contribution in [3.8, 4) is 5.75 Å². The van der Waals surface area contributed by atoms with E-state index in [1.54, 1.807) is 18.2 Å². The summed E-state index contributed by atoms with van der Waals surface area (Å²) >= 11 is 0. The molecule has 180 valence electrons.